The Kier molecular flexibility index (Phi) is 6.69. The third-order valence-corrected chi connectivity index (χ3v) is 6.64. The molecule has 31 heavy (non-hydrogen) atoms. The van der Waals surface area contributed by atoms with E-state index in [1.165, 1.54) is 6.07 Å². The van der Waals surface area contributed by atoms with Gasteiger partial charge in [-0.15, -0.1) is 0 Å². The fourth-order valence-electron chi connectivity index (χ4n) is 4.81. The molecule has 0 aromatic carbocycles. The number of carbonyl (C=O) groups excluding carboxylic acids is 3. The molecule has 1 saturated heterocycles. The zero-order valence-electron chi connectivity index (χ0n) is 18.6. The van der Waals surface area contributed by atoms with Crippen LogP contribution in [0, 0.1) is 5.41 Å². The summed E-state index contributed by atoms with van der Waals surface area (Å²) in [5.74, 6) is -0.798. The Balaban J connectivity index is 1.64. The Morgan fingerprint density at radius 1 is 1.19 bits per heavy atom. The lowest BCUT2D eigenvalue weighted by Crippen LogP contribution is -2.46. The number of ether oxygens (including phenoxy) is 1. The first-order chi connectivity index (χ1) is 14.6. The van der Waals surface area contributed by atoms with Gasteiger partial charge in [0.2, 0.25) is 5.78 Å². The normalized spacial score (nSPS) is 19.3. The van der Waals surface area contributed by atoms with Crippen LogP contribution in [0.4, 0.5) is 4.79 Å². The number of piperidine rings is 1. The molecule has 1 aromatic rings. The quantitative estimate of drug-likeness (QED) is 0.446. The number of likely N-dealkylation sites (tertiary alicyclic amines) is 1. The van der Waals surface area contributed by atoms with Gasteiger partial charge in [0.05, 0.1) is 12.2 Å². The van der Waals surface area contributed by atoms with Crippen molar-refractivity contribution < 1.29 is 24.2 Å². The van der Waals surface area contributed by atoms with Crippen LogP contribution in [0.25, 0.3) is 0 Å². The molecule has 2 aliphatic rings. The molecular formula is C23H32N2O6. The molecule has 170 valence electrons. The number of carbonyl (C=O) groups is 3. The van der Waals surface area contributed by atoms with Crippen molar-refractivity contribution in [3.63, 3.8) is 0 Å². The summed E-state index contributed by atoms with van der Waals surface area (Å²) in [5, 5.41) is 9.58. The highest BCUT2D eigenvalue weighted by molar-refractivity contribution is 6.33. The molecule has 0 radical (unpaired) electrons. The van der Waals surface area contributed by atoms with Crippen molar-refractivity contribution in [2.45, 2.75) is 77.5 Å². The third-order valence-electron chi connectivity index (χ3n) is 6.64. The number of hydrogen-bond acceptors (Lipinski definition) is 6. The summed E-state index contributed by atoms with van der Waals surface area (Å²) in [6.45, 7) is 6.37. The Labute approximate surface area is 182 Å². The molecule has 1 amide bonds. The van der Waals surface area contributed by atoms with E-state index in [0.29, 0.717) is 13.1 Å². The lowest BCUT2D eigenvalue weighted by Gasteiger charge is -2.46. The minimum Gasteiger partial charge on any atom is -0.444 e. The summed E-state index contributed by atoms with van der Waals surface area (Å²) < 4.78 is 7.07. The molecule has 1 saturated carbocycles. The van der Waals surface area contributed by atoms with Gasteiger partial charge >= 0.3 is 6.09 Å². The molecule has 8 nitrogen and oxygen atoms in total. The van der Waals surface area contributed by atoms with E-state index in [1.54, 1.807) is 15.7 Å². The van der Waals surface area contributed by atoms with Gasteiger partial charge in [0.15, 0.2) is 6.29 Å². The summed E-state index contributed by atoms with van der Waals surface area (Å²) in [4.78, 5) is 49.4. The molecule has 3 rings (SSSR count). The number of rotatable bonds is 4. The first-order valence-corrected chi connectivity index (χ1v) is 10.9. The van der Waals surface area contributed by atoms with E-state index < -0.39 is 23.6 Å². The number of aldehydes is 1. The summed E-state index contributed by atoms with van der Waals surface area (Å²) in [7, 11) is 0. The molecule has 1 N–H and O–H groups in total. The first-order valence-electron chi connectivity index (χ1n) is 10.9. The predicted octanol–water partition coefficient (Wildman–Crippen LogP) is 2.85. The van der Waals surface area contributed by atoms with Crippen LogP contribution in [0.5, 0.6) is 0 Å². The fraction of sp³-hybridized carbons (Fsp3) is 0.652. The summed E-state index contributed by atoms with van der Waals surface area (Å²) >= 11 is 0. The van der Waals surface area contributed by atoms with Crippen LogP contribution in [-0.2, 0) is 16.1 Å². The van der Waals surface area contributed by atoms with E-state index in [1.807, 2.05) is 20.8 Å². The van der Waals surface area contributed by atoms with Crippen molar-refractivity contribution in [1.82, 2.24) is 9.47 Å². The van der Waals surface area contributed by atoms with Gasteiger partial charge < -0.3 is 19.3 Å². The van der Waals surface area contributed by atoms with Crippen LogP contribution in [0.15, 0.2) is 17.1 Å². The largest absolute Gasteiger partial charge is 0.444 e. The van der Waals surface area contributed by atoms with E-state index in [9.17, 15) is 24.3 Å². The van der Waals surface area contributed by atoms with Gasteiger partial charge in [-0.3, -0.25) is 14.4 Å². The van der Waals surface area contributed by atoms with E-state index in [-0.39, 0.29) is 35.0 Å². The second-order valence-corrected chi connectivity index (χ2v) is 9.76. The maximum absolute atomic E-state index is 12.8. The summed E-state index contributed by atoms with van der Waals surface area (Å²) in [5.41, 5.74) is -0.787. The molecule has 2 heterocycles. The topological polar surface area (TPSA) is 106 Å². The molecule has 0 unspecified atom stereocenters. The van der Waals surface area contributed by atoms with Crippen LogP contribution in [0.2, 0.25) is 0 Å². The Hall–Kier alpha value is -2.48. The van der Waals surface area contributed by atoms with Crippen molar-refractivity contribution in [3.05, 3.63) is 33.7 Å². The fourth-order valence-corrected chi connectivity index (χ4v) is 4.81. The molecular weight excluding hydrogens is 400 g/mol. The SMILES string of the molecule is CC(C)(C)OC(=O)N1CCC2(CCC(n3ccc(C(=O)C=O)c(CO)c3=O)CC2)CC1. The Morgan fingerprint density at radius 2 is 1.81 bits per heavy atom. The number of aliphatic hydroxyl groups excluding tert-OH is 1. The molecule has 2 fully saturated rings. The van der Waals surface area contributed by atoms with Gasteiger partial charge in [-0.2, -0.15) is 0 Å². The van der Waals surface area contributed by atoms with Gasteiger partial charge in [-0.1, -0.05) is 0 Å². The lowest BCUT2D eigenvalue weighted by molar-refractivity contribution is -0.104. The van der Waals surface area contributed by atoms with Crippen molar-refractivity contribution in [2.75, 3.05) is 13.1 Å². The van der Waals surface area contributed by atoms with Crippen LogP contribution in [0.3, 0.4) is 0 Å². The maximum Gasteiger partial charge on any atom is 0.410 e. The minimum absolute atomic E-state index is 0.00677. The second-order valence-electron chi connectivity index (χ2n) is 9.76. The first kappa shape index (κ1) is 23.2. The lowest BCUT2D eigenvalue weighted by atomic mass is 9.67. The van der Waals surface area contributed by atoms with Crippen LogP contribution in [0.1, 0.15) is 81.3 Å². The highest BCUT2D eigenvalue weighted by Gasteiger charge is 2.40. The van der Waals surface area contributed by atoms with Crippen molar-refractivity contribution in [3.8, 4) is 0 Å². The predicted molar refractivity (Wildman–Crippen MR) is 114 cm³/mol. The zero-order valence-corrected chi connectivity index (χ0v) is 18.6. The highest BCUT2D eigenvalue weighted by atomic mass is 16.6. The van der Waals surface area contributed by atoms with Crippen molar-refractivity contribution in [1.29, 1.82) is 0 Å². The number of aliphatic hydroxyl groups is 1. The van der Waals surface area contributed by atoms with Crippen LogP contribution in [-0.4, -0.2) is 51.4 Å². The van der Waals surface area contributed by atoms with Gasteiger partial charge in [0, 0.05) is 30.9 Å². The van der Waals surface area contributed by atoms with E-state index >= 15 is 0 Å². The van der Waals surface area contributed by atoms with Crippen LogP contribution >= 0.6 is 0 Å². The average molecular weight is 433 g/mol. The number of aromatic nitrogens is 1. The number of Topliss-reactive ketones (excluding diaryl/α,β-unsaturated/α-hetero) is 1. The minimum atomic E-state index is -0.798. The monoisotopic (exact) mass is 432 g/mol. The molecule has 1 aliphatic heterocycles. The molecule has 1 spiro atoms. The molecule has 8 heteroatoms. The van der Waals surface area contributed by atoms with Gasteiger partial charge in [-0.25, -0.2) is 4.79 Å². The van der Waals surface area contributed by atoms with Crippen molar-refractivity contribution >= 4 is 18.2 Å². The summed E-state index contributed by atoms with van der Waals surface area (Å²) in [6.07, 6.45) is 6.84. The van der Waals surface area contributed by atoms with Gasteiger partial charge in [0.1, 0.15) is 5.60 Å². The highest BCUT2D eigenvalue weighted by Crippen LogP contribution is 2.47. The zero-order chi connectivity index (χ0) is 22.8. The Morgan fingerprint density at radius 3 is 2.32 bits per heavy atom. The van der Waals surface area contributed by atoms with Gasteiger partial charge in [-0.05, 0) is 70.8 Å². The number of ketones is 1. The Bertz CT molecular complexity index is 896. The van der Waals surface area contributed by atoms with E-state index in [4.69, 9.17) is 4.74 Å². The number of amides is 1. The molecule has 0 bridgehead atoms. The third kappa shape index (κ3) is 5.06. The second kappa shape index (κ2) is 8.94. The molecule has 0 atom stereocenters. The van der Waals surface area contributed by atoms with E-state index in [2.05, 4.69) is 0 Å². The van der Waals surface area contributed by atoms with Gasteiger partial charge in [0.25, 0.3) is 5.56 Å². The standard InChI is InChI=1S/C23H32N2O6/c1-22(2,3)31-21(30)24-12-9-23(10-13-24)7-4-16(5-8-23)25-11-6-17(19(28)15-27)18(14-26)20(25)29/h6,11,15-16,26H,4-5,7-10,12-14H2,1-3H3. The smallest absolute Gasteiger partial charge is 0.410 e. The number of pyridine rings is 1. The number of nitrogens with zero attached hydrogens (tertiary/aromatic N) is 2. The van der Waals surface area contributed by atoms with Crippen molar-refractivity contribution in [2.24, 2.45) is 5.41 Å². The maximum atomic E-state index is 12.8. The van der Waals surface area contributed by atoms with Crippen LogP contribution < -0.4 is 5.56 Å². The average Bonchev–Trinajstić information content (AvgIpc) is 2.73. The summed E-state index contributed by atoms with van der Waals surface area (Å²) in [6, 6.07) is 1.45. The molecule has 1 aromatic heterocycles. The number of hydrogen-bond donors (Lipinski definition) is 1. The molecule has 1 aliphatic carbocycles. The van der Waals surface area contributed by atoms with E-state index in [0.717, 1.165) is 38.5 Å².